The van der Waals surface area contributed by atoms with Gasteiger partial charge in [0.25, 0.3) is 0 Å². The number of hydrogen-bond acceptors (Lipinski definition) is 3. The molecule has 1 atom stereocenters. The van der Waals surface area contributed by atoms with Crippen LogP contribution >= 0.6 is 0 Å². The molecule has 4 nitrogen and oxygen atoms in total. The molecule has 0 radical (unpaired) electrons. The topological polar surface area (TPSA) is 50.3 Å². The molecule has 1 saturated heterocycles. The molecule has 1 aliphatic heterocycles. The maximum absolute atomic E-state index is 12.0. The van der Waals surface area contributed by atoms with Gasteiger partial charge in [-0.25, -0.2) is 0 Å². The molecule has 2 heterocycles. The molecule has 1 aromatic rings. The van der Waals surface area contributed by atoms with Crippen LogP contribution in [0.3, 0.4) is 0 Å². The Kier molecular flexibility index (Phi) is 2.76. The largest absolute Gasteiger partial charge is 0.335 e. The van der Waals surface area contributed by atoms with Crippen LogP contribution in [0.1, 0.15) is 23.3 Å². The molecule has 1 aliphatic rings. The Morgan fingerprint density at radius 2 is 2.40 bits per heavy atom. The second-order valence-electron chi connectivity index (χ2n) is 3.58. The van der Waals surface area contributed by atoms with E-state index in [1.807, 2.05) is 0 Å². The standard InChI is InChI=1S/C11H12N2O2/c14-8-13-7-3-5-10(13)11(15)9-4-1-2-6-12-9/h1-2,4,6,8,10H,3,5,7H2. The lowest BCUT2D eigenvalue weighted by Gasteiger charge is -2.17. The quantitative estimate of drug-likeness (QED) is 0.542. The summed E-state index contributed by atoms with van der Waals surface area (Å²) in [6, 6.07) is 4.92. The molecule has 0 spiro atoms. The molecule has 0 aromatic carbocycles. The Labute approximate surface area is 87.9 Å². The number of Topliss-reactive ketones (excluding diaryl/α,β-unsaturated/α-hetero) is 1. The zero-order valence-electron chi connectivity index (χ0n) is 8.30. The maximum atomic E-state index is 12.0. The van der Waals surface area contributed by atoms with Crippen molar-refractivity contribution in [3.05, 3.63) is 30.1 Å². The second kappa shape index (κ2) is 4.21. The minimum atomic E-state index is -0.308. The van der Waals surface area contributed by atoms with Crippen LogP contribution in [0.15, 0.2) is 24.4 Å². The van der Waals surface area contributed by atoms with E-state index in [9.17, 15) is 9.59 Å². The molecule has 4 heteroatoms. The number of aromatic nitrogens is 1. The molecule has 1 fully saturated rings. The Hall–Kier alpha value is -1.71. The fraction of sp³-hybridized carbons (Fsp3) is 0.364. The van der Waals surface area contributed by atoms with Crippen molar-refractivity contribution < 1.29 is 9.59 Å². The van der Waals surface area contributed by atoms with Gasteiger partial charge < -0.3 is 4.90 Å². The average Bonchev–Trinajstić information content (AvgIpc) is 2.77. The molecule has 78 valence electrons. The minimum absolute atomic E-state index is 0.0554. The Balaban J connectivity index is 2.18. The lowest BCUT2D eigenvalue weighted by molar-refractivity contribution is -0.118. The Morgan fingerprint density at radius 3 is 3.07 bits per heavy atom. The van der Waals surface area contributed by atoms with Crippen LogP contribution in [-0.2, 0) is 4.79 Å². The highest BCUT2D eigenvalue weighted by atomic mass is 16.1. The molecule has 1 amide bonds. The first-order chi connectivity index (χ1) is 7.33. The Morgan fingerprint density at radius 1 is 1.53 bits per heavy atom. The number of amides is 1. The monoisotopic (exact) mass is 204 g/mol. The van der Waals surface area contributed by atoms with E-state index < -0.39 is 0 Å². The van der Waals surface area contributed by atoms with Gasteiger partial charge in [0.15, 0.2) is 0 Å². The van der Waals surface area contributed by atoms with Crippen LogP contribution in [0.5, 0.6) is 0 Å². The van der Waals surface area contributed by atoms with Crippen molar-refractivity contribution in [3.8, 4) is 0 Å². The van der Waals surface area contributed by atoms with E-state index in [0.29, 0.717) is 12.2 Å². The van der Waals surface area contributed by atoms with Crippen LogP contribution < -0.4 is 0 Å². The first-order valence-corrected chi connectivity index (χ1v) is 4.99. The average molecular weight is 204 g/mol. The third-order valence-corrected chi connectivity index (χ3v) is 2.65. The van der Waals surface area contributed by atoms with Crippen molar-refractivity contribution >= 4 is 12.2 Å². The smallest absolute Gasteiger partial charge is 0.210 e. The second-order valence-corrected chi connectivity index (χ2v) is 3.58. The lowest BCUT2D eigenvalue weighted by Crippen LogP contribution is -2.35. The van der Waals surface area contributed by atoms with Gasteiger partial charge >= 0.3 is 0 Å². The van der Waals surface area contributed by atoms with Gasteiger partial charge in [-0.3, -0.25) is 14.6 Å². The number of pyridine rings is 1. The zero-order valence-corrected chi connectivity index (χ0v) is 8.30. The molecule has 0 N–H and O–H groups in total. The predicted molar refractivity (Wildman–Crippen MR) is 54.4 cm³/mol. The van der Waals surface area contributed by atoms with Gasteiger partial charge in [-0.15, -0.1) is 0 Å². The number of carbonyl (C=O) groups is 2. The van der Waals surface area contributed by atoms with E-state index in [0.717, 1.165) is 19.3 Å². The molecule has 15 heavy (non-hydrogen) atoms. The summed E-state index contributed by atoms with van der Waals surface area (Å²) < 4.78 is 0. The van der Waals surface area contributed by atoms with Gasteiger partial charge in [-0.1, -0.05) is 6.07 Å². The van der Waals surface area contributed by atoms with Gasteiger partial charge in [-0.2, -0.15) is 0 Å². The van der Waals surface area contributed by atoms with Crippen LogP contribution in [0.25, 0.3) is 0 Å². The van der Waals surface area contributed by atoms with Gasteiger partial charge in [-0.05, 0) is 25.0 Å². The van der Waals surface area contributed by atoms with Crippen LogP contribution in [0.2, 0.25) is 0 Å². The van der Waals surface area contributed by atoms with Crippen molar-refractivity contribution in [1.82, 2.24) is 9.88 Å². The number of ketones is 1. The number of rotatable bonds is 3. The van der Waals surface area contributed by atoms with Gasteiger partial charge in [0.1, 0.15) is 5.69 Å². The minimum Gasteiger partial charge on any atom is -0.335 e. The summed E-state index contributed by atoms with van der Waals surface area (Å²) in [5, 5.41) is 0. The number of carbonyl (C=O) groups excluding carboxylic acids is 2. The predicted octanol–water partition coefficient (Wildman–Crippen LogP) is 0.885. The van der Waals surface area contributed by atoms with Crippen molar-refractivity contribution in [2.45, 2.75) is 18.9 Å². The highest BCUT2D eigenvalue weighted by Gasteiger charge is 2.30. The number of nitrogens with zero attached hydrogens (tertiary/aromatic N) is 2. The summed E-state index contributed by atoms with van der Waals surface area (Å²) in [5.74, 6) is -0.0554. The first-order valence-electron chi connectivity index (χ1n) is 4.99. The van der Waals surface area contributed by atoms with Gasteiger partial charge in [0.05, 0.1) is 6.04 Å². The first kappa shape index (κ1) is 9.83. The summed E-state index contributed by atoms with van der Waals surface area (Å²) in [7, 11) is 0. The molecule has 1 aromatic heterocycles. The van der Waals surface area contributed by atoms with Crippen molar-refractivity contribution in [2.24, 2.45) is 0 Å². The maximum Gasteiger partial charge on any atom is 0.210 e. The molecule has 2 rings (SSSR count). The fourth-order valence-electron chi connectivity index (χ4n) is 1.88. The fourth-order valence-corrected chi connectivity index (χ4v) is 1.88. The summed E-state index contributed by atoms with van der Waals surface area (Å²) in [5.41, 5.74) is 0.441. The summed E-state index contributed by atoms with van der Waals surface area (Å²) in [6.45, 7) is 0.673. The molecule has 0 bridgehead atoms. The highest BCUT2D eigenvalue weighted by Crippen LogP contribution is 2.18. The van der Waals surface area contributed by atoms with E-state index >= 15 is 0 Å². The zero-order chi connectivity index (χ0) is 10.7. The molecular weight excluding hydrogens is 192 g/mol. The molecule has 0 saturated carbocycles. The highest BCUT2D eigenvalue weighted by molar-refractivity contribution is 5.99. The van der Waals surface area contributed by atoms with E-state index in [1.165, 1.54) is 0 Å². The number of likely N-dealkylation sites (tertiary alicyclic amines) is 1. The third-order valence-electron chi connectivity index (χ3n) is 2.65. The van der Waals surface area contributed by atoms with Crippen LogP contribution in [-0.4, -0.2) is 34.7 Å². The van der Waals surface area contributed by atoms with E-state index in [4.69, 9.17) is 0 Å². The SMILES string of the molecule is O=CN1CCCC1C(=O)c1ccccn1. The van der Waals surface area contributed by atoms with Crippen molar-refractivity contribution in [3.63, 3.8) is 0 Å². The van der Waals surface area contributed by atoms with Crippen molar-refractivity contribution in [1.29, 1.82) is 0 Å². The molecule has 1 unspecified atom stereocenters. The number of hydrogen-bond donors (Lipinski definition) is 0. The van der Waals surface area contributed by atoms with Gasteiger partial charge in [0.2, 0.25) is 12.2 Å². The van der Waals surface area contributed by atoms with E-state index in [2.05, 4.69) is 4.98 Å². The van der Waals surface area contributed by atoms with Gasteiger partial charge in [0, 0.05) is 12.7 Å². The normalized spacial score (nSPS) is 20.3. The molecule has 0 aliphatic carbocycles. The van der Waals surface area contributed by atoms with Crippen LogP contribution in [0, 0.1) is 0 Å². The van der Waals surface area contributed by atoms with E-state index in [1.54, 1.807) is 29.3 Å². The Bertz CT molecular complexity index is 364. The lowest BCUT2D eigenvalue weighted by atomic mass is 10.1. The van der Waals surface area contributed by atoms with Crippen molar-refractivity contribution in [2.75, 3.05) is 6.54 Å². The molecular formula is C11H12N2O2. The summed E-state index contributed by atoms with van der Waals surface area (Å²) >= 11 is 0. The summed E-state index contributed by atoms with van der Waals surface area (Å²) in [6.07, 6.45) is 3.97. The summed E-state index contributed by atoms with van der Waals surface area (Å²) in [4.78, 5) is 28.2. The van der Waals surface area contributed by atoms with E-state index in [-0.39, 0.29) is 11.8 Å². The van der Waals surface area contributed by atoms with Crippen LogP contribution in [0.4, 0.5) is 0 Å². The third kappa shape index (κ3) is 1.88.